The fourth-order valence-electron chi connectivity index (χ4n) is 3.20. The maximum Gasteiger partial charge on any atom is 0.416 e. The number of rotatable bonds is 4. The van der Waals surface area contributed by atoms with Crippen molar-refractivity contribution >= 4 is 18.2 Å². The molecule has 3 rings (SSSR count). The van der Waals surface area contributed by atoms with Crippen LogP contribution in [0.2, 0.25) is 0 Å². The number of urea groups is 1. The van der Waals surface area contributed by atoms with Gasteiger partial charge < -0.3 is 10.6 Å². The first kappa shape index (κ1) is 25.1. The number of allylic oxidation sites excluding steroid dienone is 3. The molecular formula is C25H22F6N2O. The van der Waals surface area contributed by atoms with E-state index < -0.39 is 28.9 Å². The molecule has 34 heavy (non-hydrogen) atoms. The molecule has 0 bridgehead atoms. The first-order valence-electron chi connectivity index (χ1n) is 10.3. The van der Waals surface area contributed by atoms with Crippen LogP contribution < -0.4 is 10.6 Å². The summed E-state index contributed by atoms with van der Waals surface area (Å²) in [6.07, 6.45) is -2.38. The Hall–Kier alpha value is -3.49. The summed E-state index contributed by atoms with van der Waals surface area (Å²) in [6.45, 7) is 4.18. The molecule has 0 atom stereocenters. The number of benzene rings is 2. The van der Waals surface area contributed by atoms with Gasteiger partial charge in [-0.3, -0.25) is 0 Å². The third kappa shape index (κ3) is 6.52. The van der Waals surface area contributed by atoms with Gasteiger partial charge in [-0.05, 0) is 53.1 Å². The van der Waals surface area contributed by atoms with E-state index in [1.807, 2.05) is 13.8 Å². The van der Waals surface area contributed by atoms with Gasteiger partial charge >= 0.3 is 18.4 Å². The highest BCUT2D eigenvalue weighted by molar-refractivity contribution is 5.78. The summed E-state index contributed by atoms with van der Waals surface area (Å²) >= 11 is 0. The third-order valence-corrected chi connectivity index (χ3v) is 5.26. The number of hydrogen-bond donors (Lipinski definition) is 2. The molecule has 2 aromatic rings. The lowest BCUT2D eigenvalue weighted by atomic mass is 9.86. The molecule has 0 saturated carbocycles. The van der Waals surface area contributed by atoms with Crippen molar-refractivity contribution in [2.45, 2.75) is 26.2 Å². The summed E-state index contributed by atoms with van der Waals surface area (Å²) in [7, 11) is 0. The van der Waals surface area contributed by atoms with Crippen molar-refractivity contribution in [3.63, 3.8) is 0 Å². The largest absolute Gasteiger partial charge is 0.416 e. The van der Waals surface area contributed by atoms with Crippen LogP contribution in [0.4, 0.5) is 31.1 Å². The van der Waals surface area contributed by atoms with E-state index in [4.69, 9.17) is 0 Å². The van der Waals surface area contributed by atoms with Gasteiger partial charge in [-0.2, -0.15) is 26.3 Å². The molecular weight excluding hydrogens is 458 g/mol. The second-order valence-electron chi connectivity index (χ2n) is 8.47. The minimum absolute atomic E-state index is 0.376. The summed E-state index contributed by atoms with van der Waals surface area (Å²) in [4.78, 5) is 11.8. The number of carbonyl (C=O) groups is 1. The Morgan fingerprint density at radius 1 is 0.853 bits per heavy atom. The van der Waals surface area contributed by atoms with Crippen molar-refractivity contribution in [1.29, 1.82) is 0 Å². The number of hydrogen-bond acceptors (Lipinski definition) is 1. The van der Waals surface area contributed by atoms with Crippen LogP contribution in [0.25, 0.3) is 12.2 Å². The summed E-state index contributed by atoms with van der Waals surface area (Å²) < 4.78 is 77.0. The van der Waals surface area contributed by atoms with Crippen LogP contribution in [0.3, 0.4) is 0 Å². The van der Waals surface area contributed by atoms with Crippen molar-refractivity contribution in [3.8, 4) is 0 Å². The molecule has 2 amide bonds. The summed E-state index contributed by atoms with van der Waals surface area (Å²) in [5.41, 5.74) is 0.0998. The van der Waals surface area contributed by atoms with Gasteiger partial charge in [-0.1, -0.05) is 50.3 Å². The van der Waals surface area contributed by atoms with Gasteiger partial charge in [-0.25, -0.2) is 4.79 Å². The van der Waals surface area contributed by atoms with E-state index in [2.05, 4.69) is 10.6 Å². The number of carbonyl (C=O) groups excluding carboxylic acids is 1. The predicted molar refractivity (Wildman–Crippen MR) is 118 cm³/mol. The minimum Gasteiger partial charge on any atom is -0.337 e. The highest BCUT2D eigenvalue weighted by Gasteiger charge is 2.31. The molecule has 1 heterocycles. The Bertz CT molecular complexity index is 1120. The van der Waals surface area contributed by atoms with Crippen molar-refractivity contribution in [3.05, 3.63) is 94.2 Å². The lowest BCUT2D eigenvalue weighted by molar-refractivity contribution is -0.138. The second kappa shape index (κ2) is 9.40. The molecule has 0 aromatic heterocycles. The lowest BCUT2D eigenvalue weighted by Gasteiger charge is -2.33. The van der Waals surface area contributed by atoms with Gasteiger partial charge in [0.25, 0.3) is 0 Å². The molecule has 1 aliphatic heterocycles. The quantitative estimate of drug-likeness (QED) is 0.358. The van der Waals surface area contributed by atoms with E-state index in [9.17, 15) is 31.1 Å². The number of amides is 2. The fourth-order valence-corrected chi connectivity index (χ4v) is 3.20. The zero-order valence-corrected chi connectivity index (χ0v) is 18.3. The minimum atomic E-state index is -4.46. The van der Waals surface area contributed by atoms with E-state index in [-0.39, 0.29) is 6.03 Å². The maximum absolute atomic E-state index is 12.9. The summed E-state index contributed by atoms with van der Waals surface area (Å²) in [6, 6.07) is 8.75. The van der Waals surface area contributed by atoms with Crippen LogP contribution in [0.5, 0.6) is 0 Å². The average molecular weight is 480 g/mol. The first-order chi connectivity index (χ1) is 15.7. The highest BCUT2D eigenvalue weighted by Crippen LogP contribution is 2.31. The van der Waals surface area contributed by atoms with Crippen LogP contribution in [-0.2, 0) is 12.4 Å². The molecule has 0 radical (unpaired) electrons. The summed E-state index contributed by atoms with van der Waals surface area (Å²) in [5, 5.41) is 5.43. The van der Waals surface area contributed by atoms with E-state index in [1.165, 1.54) is 24.3 Å². The van der Waals surface area contributed by atoms with Crippen molar-refractivity contribution < 1.29 is 31.1 Å². The molecule has 0 spiro atoms. The normalized spacial score (nSPS) is 18.2. The first-order valence-corrected chi connectivity index (χ1v) is 10.3. The molecule has 2 N–H and O–H groups in total. The smallest absolute Gasteiger partial charge is 0.337 e. The predicted octanol–water partition coefficient (Wildman–Crippen LogP) is 7.04. The van der Waals surface area contributed by atoms with Gasteiger partial charge in [0.05, 0.1) is 11.1 Å². The molecule has 2 aromatic carbocycles. The number of alkyl halides is 6. The van der Waals surface area contributed by atoms with Crippen LogP contribution in [0.1, 0.15) is 36.1 Å². The molecule has 0 aliphatic carbocycles. The fraction of sp³-hybridized carbons (Fsp3) is 0.240. The Morgan fingerprint density at radius 3 is 1.85 bits per heavy atom. The van der Waals surface area contributed by atoms with Crippen LogP contribution >= 0.6 is 0 Å². The Balaban J connectivity index is 1.98. The number of halogens is 6. The molecule has 0 unspecified atom stereocenters. The lowest BCUT2D eigenvalue weighted by Crippen LogP contribution is -2.50. The van der Waals surface area contributed by atoms with Gasteiger partial charge in [0, 0.05) is 17.7 Å². The zero-order chi connectivity index (χ0) is 25.1. The van der Waals surface area contributed by atoms with Crippen molar-refractivity contribution in [1.82, 2.24) is 10.6 Å². The molecule has 1 saturated heterocycles. The molecule has 1 fully saturated rings. The average Bonchev–Trinajstić information content (AvgIpc) is 2.74. The Morgan fingerprint density at radius 2 is 1.35 bits per heavy atom. The highest BCUT2D eigenvalue weighted by atomic mass is 19.4. The van der Waals surface area contributed by atoms with Crippen LogP contribution in [0, 0.1) is 5.41 Å². The van der Waals surface area contributed by atoms with Gasteiger partial charge in [-0.15, -0.1) is 0 Å². The topological polar surface area (TPSA) is 41.1 Å². The van der Waals surface area contributed by atoms with Crippen molar-refractivity contribution in [2.75, 3.05) is 6.54 Å². The molecule has 3 nitrogen and oxygen atoms in total. The van der Waals surface area contributed by atoms with Crippen LogP contribution in [0.15, 0.2) is 72.0 Å². The van der Waals surface area contributed by atoms with E-state index in [1.54, 1.807) is 24.3 Å². The molecule has 180 valence electrons. The number of nitrogens with one attached hydrogen (secondary N) is 2. The maximum atomic E-state index is 12.9. The van der Waals surface area contributed by atoms with Crippen LogP contribution in [-0.4, -0.2) is 12.6 Å². The zero-order valence-electron chi connectivity index (χ0n) is 18.3. The van der Waals surface area contributed by atoms with Gasteiger partial charge in [0.1, 0.15) is 0 Å². The standard InChI is InChI=1S/C25H22F6N2O/c1-23(2)15-32-22(34)33-21(23)14-18(13-17-7-11-20(12-8-17)25(29,30)31)4-3-16-5-9-19(10-6-16)24(26,27)28/h3-14H,15H2,1-2H3,(H2,32,33,34). The Labute approximate surface area is 192 Å². The van der Waals surface area contributed by atoms with Crippen molar-refractivity contribution in [2.24, 2.45) is 5.41 Å². The van der Waals surface area contributed by atoms with E-state index in [0.29, 0.717) is 28.9 Å². The van der Waals surface area contributed by atoms with Gasteiger partial charge in [0.15, 0.2) is 0 Å². The van der Waals surface area contributed by atoms with E-state index >= 15 is 0 Å². The summed E-state index contributed by atoms with van der Waals surface area (Å²) in [5.74, 6) is 0. The van der Waals surface area contributed by atoms with Gasteiger partial charge in [0.2, 0.25) is 0 Å². The van der Waals surface area contributed by atoms with E-state index in [0.717, 1.165) is 24.3 Å². The molecule has 1 aliphatic rings. The Kier molecular flexibility index (Phi) is 6.95. The third-order valence-electron chi connectivity index (χ3n) is 5.26. The SMILES string of the molecule is CC1(C)CNC(=O)NC1=CC(C=Cc1ccc(C(F)(F)F)cc1)=Cc1ccc(C(F)(F)F)cc1. The second-order valence-corrected chi connectivity index (χ2v) is 8.47. The molecule has 9 heteroatoms. The monoisotopic (exact) mass is 480 g/mol.